The topological polar surface area (TPSA) is 103 Å². The van der Waals surface area contributed by atoms with Crippen LogP contribution in [0.5, 0.6) is 0 Å². The molecule has 1 saturated carbocycles. The molecule has 0 aliphatic heterocycles. The van der Waals surface area contributed by atoms with E-state index in [1.807, 2.05) is 13.1 Å². The first-order valence-electron chi connectivity index (χ1n) is 7.07. The van der Waals surface area contributed by atoms with Crippen LogP contribution in [0.15, 0.2) is 11.2 Å². The Labute approximate surface area is 131 Å². The van der Waals surface area contributed by atoms with Gasteiger partial charge in [0.15, 0.2) is 0 Å². The van der Waals surface area contributed by atoms with E-state index in [0.29, 0.717) is 24.0 Å². The molecule has 1 fully saturated rings. The van der Waals surface area contributed by atoms with Gasteiger partial charge in [0.1, 0.15) is 5.82 Å². The van der Waals surface area contributed by atoms with Gasteiger partial charge in [0.2, 0.25) is 5.16 Å². The summed E-state index contributed by atoms with van der Waals surface area (Å²) in [6.45, 7) is 0.524. The number of carbonyl (C=O) groups excluding carboxylic acids is 1. The SMILES string of the molecule is Cn1nc(C2CC2)cc1NC(=O)NCCSc1nnnn1C. The highest BCUT2D eigenvalue weighted by atomic mass is 32.2. The van der Waals surface area contributed by atoms with Crippen LogP contribution in [-0.2, 0) is 14.1 Å². The van der Waals surface area contributed by atoms with E-state index in [4.69, 9.17) is 0 Å². The van der Waals surface area contributed by atoms with Gasteiger partial charge in [-0.1, -0.05) is 11.8 Å². The minimum atomic E-state index is -0.234. The highest BCUT2D eigenvalue weighted by Crippen LogP contribution is 2.39. The largest absolute Gasteiger partial charge is 0.337 e. The Bertz CT molecular complexity index is 662. The molecule has 2 aromatic heterocycles. The van der Waals surface area contributed by atoms with Crippen LogP contribution in [0.3, 0.4) is 0 Å². The lowest BCUT2D eigenvalue weighted by Crippen LogP contribution is -2.31. The first-order chi connectivity index (χ1) is 10.6. The van der Waals surface area contributed by atoms with Crippen molar-refractivity contribution >= 4 is 23.6 Å². The maximum Gasteiger partial charge on any atom is 0.320 e. The second-order valence-corrected chi connectivity index (χ2v) is 6.23. The van der Waals surface area contributed by atoms with Crippen LogP contribution in [0.1, 0.15) is 24.5 Å². The van der Waals surface area contributed by atoms with Gasteiger partial charge in [0.05, 0.1) is 5.69 Å². The minimum Gasteiger partial charge on any atom is -0.337 e. The number of anilines is 1. The molecule has 0 atom stereocenters. The van der Waals surface area contributed by atoms with Crippen molar-refractivity contribution in [1.29, 1.82) is 0 Å². The van der Waals surface area contributed by atoms with Gasteiger partial charge in [0, 0.05) is 38.4 Å². The Morgan fingerprint density at radius 2 is 2.23 bits per heavy atom. The minimum absolute atomic E-state index is 0.234. The molecule has 10 heteroatoms. The molecule has 0 radical (unpaired) electrons. The quantitative estimate of drug-likeness (QED) is 0.600. The van der Waals surface area contributed by atoms with Gasteiger partial charge in [-0.15, -0.1) is 5.10 Å². The van der Waals surface area contributed by atoms with E-state index >= 15 is 0 Å². The molecule has 2 heterocycles. The van der Waals surface area contributed by atoms with E-state index in [-0.39, 0.29) is 6.03 Å². The number of aryl methyl sites for hydroxylation is 2. The molecule has 1 aliphatic rings. The molecule has 118 valence electrons. The molecule has 3 rings (SSSR count). The lowest BCUT2D eigenvalue weighted by atomic mass is 10.3. The molecule has 0 unspecified atom stereocenters. The molecule has 0 aromatic carbocycles. The summed E-state index contributed by atoms with van der Waals surface area (Å²) in [6, 6.07) is 1.71. The predicted octanol–water partition coefficient (Wildman–Crippen LogP) is 0.735. The number of tetrazole rings is 1. The van der Waals surface area contributed by atoms with Crippen molar-refractivity contribution in [1.82, 2.24) is 35.3 Å². The van der Waals surface area contributed by atoms with Crippen molar-refractivity contribution in [2.75, 3.05) is 17.6 Å². The first-order valence-corrected chi connectivity index (χ1v) is 8.06. The molecular weight excluding hydrogens is 304 g/mol. The zero-order valence-corrected chi connectivity index (χ0v) is 13.3. The van der Waals surface area contributed by atoms with Crippen LogP contribution >= 0.6 is 11.8 Å². The number of carbonyl (C=O) groups is 1. The average Bonchev–Trinajstić information content (AvgIpc) is 3.17. The van der Waals surface area contributed by atoms with Crippen molar-refractivity contribution in [2.45, 2.75) is 23.9 Å². The smallest absolute Gasteiger partial charge is 0.320 e. The third kappa shape index (κ3) is 3.56. The summed E-state index contributed by atoms with van der Waals surface area (Å²) < 4.78 is 3.30. The second-order valence-electron chi connectivity index (χ2n) is 5.17. The Hall–Kier alpha value is -2.10. The monoisotopic (exact) mass is 322 g/mol. The summed E-state index contributed by atoms with van der Waals surface area (Å²) in [5.74, 6) is 1.98. The van der Waals surface area contributed by atoms with Crippen LogP contribution in [0, 0.1) is 0 Å². The van der Waals surface area contributed by atoms with Crippen molar-refractivity contribution in [3.8, 4) is 0 Å². The standard InChI is InChI=1S/C12H18N8OS/c1-19-10(7-9(16-19)8-3-4-8)14-11(21)13-5-6-22-12-15-17-18-20(12)2/h7-8H,3-6H2,1-2H3,(H2,13,14,21). The van der Waals surface area contributed by atoms with Crippen LogP contribution < -0.4 is 10.6 Å². The summed E-state index contributed by atoms with van der Waals surface area (Å²) in [5.41, 5.74) is 1.06. The number of nitrogens with zero attached hydrogens (tertiary/aromatic N) is 6. The Morgan fingerprint density at radius 3 is 2.91 bits per heavy atom. The van der Waals surface area contributed by atoms with Gasteiger partial charge in [-0.3, -0.25) is 10.00 Å². The fourth-order valence-electron chi connectivity index (χ4n) is 2.00. The van der Waals surface area contributed by atoms with Crippen molar-refractivity contribution in [2.24, 2.45) is 14.1 Å². The normalized spacial score (nSPS) is 14.1. The maximum atomic E-state index is 11.9. The van der Waals surface area contributed by atoms with Gasteiger partial charge in [-0.25, -0.2) is 9.48 Å². The molecule has 2 amide bonds. The van der Waals surface area contributed by atoms with Crippen LogP contribution in [0.2, 0.25) is 0 Å². The van der Waals surface area contributed by atoms with Crippen molar-refractivity contribution in [3.05, 3.63) is 11.8 Å². The fourth-order valence-corrected chi connectivity index (χ4v) is 2.70. The van der Waals surface area contributed by atoms with Gasteiger partial charge in [0.25, 0.3) is 0 Å². The average molecular weight is 322 g/mol. The number of rotatable bonds is 6. The summed E-state index contributed by atoms with van der Waals surface area (Å²) in [6.07, 6.45) is 2.38. The van der Waals surface area contributed by atoms with E-state index in [0.717, 1.165) is 10.9 Å². The van der Waals surface area contributed by atoms with Crippen molar-refractivity contribution < 1.29 is 4.79 Å². The van der Waals surface area contributed by atoms with E-state index < -0.39 is 0 Å². The molecule has 1 aliphatic carbocycles. The number of hydrogen-bond acceptors (Lipinski definition) is 6. The number of amides is 2. The zero-order chi connectivity index (χ0) is 15.5. The van der Waals surface area contributed by atoms with Gasteiger partial charge >= 0.3 is 6.03 Å². The highest BCUT2D eigenvalue weighted by molar-refractivity contribution is 7.99. The first kappa shape index (κ1) is 14.8. The summed E-state index contributed by atoms with van der Waals surface area (Å²) in [4.78, 5) is 11.9. The van der Waals surface area contributed by atoms with Gasteiger partial charge < -0.3 is 5.32 Å². The van der Waals surface area contributed by atoms with Crippen LogP contribution in [0.4, 0.5) is 10.6 Å². The Kier molecular flexibility index (Phi) is 4.27. The third-order valence-electron chi connectivity index (χ3n) is 3.34. The summed E-state index contributed by atoms with van der Waals surface area (Å²) in [5, 5.41) is 21.9. The summed E-state index contributed by atoms with van der Waals surface area (Å²) >= 11 is 1.49. The molecule has 22 heavy (non-hydrogen) atoms. The van der Waals surface area contributed by atoms with Gasteiger partial charge in [-0.2, -0.15) is 5.10 Å². The van der Waals surface area contributed by atoms with E-state index in [2.05, 4.69) is 31.3 Å². The zero-order valence-electron chi connectivity index (χ0n) is 12.5. The molecule has 0 saturated heterocycles. The molecule has 2 aromatic rings. The molecule has 0 bridgehead atoms. The number of hydrogen-bond donors (Lipinski definition) is 2. The summed E-state index contributed by atoms with van der Waals surface area (Å²) in [7, 11) is 3.61. The van der Waals surface area contributed by atoms with E-state index in [1.54, 1.807) is 16.4 Å². The van der Waals surface area contributed by atoms with E-state index in [1.165, 1.54) is 24.6 Å². The second kappa shape index (κ2) is 6.34. The predicted molar refractivity (Wildman–Crippen MR) is 81.7 cm³/mol. The fraction of sp³-hybridized carbons (Fsp3) is 0.583. The third-order valence-corrected chi connectivity index (χ3v) is 4.35. The lowest BCUT2D eigenvalue weighted by Gasteiger charge is -2.06. The maximum absolute atomic E-state index is 11.9. The molecule has 2 N–H and O–H groups in total. The van der Waals surface area contributed by atoms with Crippen LogP contribution in [0.25, 0.3) is 0 Å². The van der Waals surface area contributed by atoms with Crippen molar-refractivity contribution in [3.63, 3.8) is 0 Å². The van der Waals surface area contributed by atoms with Gasteiger partial charge in [-0.05, 0) is 23.3 Å². The number of thioether (sulfide) groups is 1. The Morgan fingerprint density at radius 1 is 1.41 bits per heavy atom. The number of aromatic nitrogens is 6. The number of nitrogens with one attached hydrogen (secondary N) is 2. The number of urea groups is 1. The van der Waals surface area contributed by atoms with E-state index in [9.17, 15) is 4.79 Å². The molecular formula is C12H18N8OS. The molecule has 9 nitrogen and oxygen atoms in total. The highest BCUT2D eigenvalue weighted by Gasteiger charge is 2.27. The van der Waals surface area contributed by atoms with Crippen LogP contribution in [-0.4, -0.2) is 48.3 Å². The lowest BCUT2D eigenvalue weighted by molar-refractivity contribution is 0.252. The molecule has 0 spiro atoms. The Balaban J connectivity index is 1.41.